The van der Waals surface area contributed by atoms with Crippen LogP contribution in [0.5, 0.6) is 0 Å². The fourth-order valence-corrected chi connectivity index (χ4v) is 0.575. The second-order valence-electron chi connectivity index (χ2n) is 1.89. The highest BCUT2D eigenvalue weighted by Gasteiger charge is 2.02. The first-order valence-corrected chi connectivity index (χ1v) is 3.98. The minimum Gasteiger partial charge on any atom is -0.412 e. The van der Waals surface area contributed by atoms with Gasteiger partial charge in [0.2, 0.25) is 0 Å². The summed E-state index contributed by atoms with van der Waals surface area (Å²) < 4.78 is 8.58. The van der Waals surface area contributed by atoms with Crippen LogP contribution in [-0.2, 0) is 19.1 Å². The average Bonchev–Trinajstić information content (AvgIpc) is 1.98. The topological polar surface area (TPSA) is 52.6 Å². The van der Waals surface area contributed by atoms with Gasteiger partial charge in [0.15, 0.2) is 10.4 Å². The summed E-state index contributed by atoms with van der Waals surface area (Å²) in [7, 11) is 0. The number of esters is 2. The van der Waals surface area contributed by atoms with Crippen molar-refractivity contribution in [2.45, 2.75) is 0 Å². The van der Waals surface area contributed by atoms with E-state index in [1.165, 1.54) is 0 Å². The Labute approximate surface area is 90.4 Å². The van der Waals surface area contributed by atoms with Gasteiger partial charge in [0.1, 0.15) is 0 Å². The zero-order valence-electron chi connectivity index (χ0n) is 6.96. The van der Waals surface area contributed by atoms with Gasteiger partial charge in [-0.1, -0.05) is 0 Å². The van der Waals surface area contributed by atoms with Gasteiger partial charge in [-0.15, -0.1) is 0 Å². The molecule has 6 heteroatoms. The summed E-state index contributed by atoms with van der Waals surface area (Å²) in [4.78, 5) is 21.5. The molecule has 0 fully saturated rings. The second-order valence-corrected chi connectivity index (χ2v) is 2.73. The quantitative estimate of drug-likeness (QED) is 0.426. The van der Waals surface area contributed by atoms with Gasteiger partial charge in [-0.05, 0) is 36.4 Å². The fraction of sp³-hybridized carbons (Fsp3) is 0. The van der Waals surface area contributed by atoms with Gasteiger partial charge in [-0.3, -0.25) is 0 Å². The van der Waals surface area contributed by atoms with Crippen LogP contribution < -0.4 is 0 Å². The van der Waals surface area contributed by atoms with Gasteiger partial charge < -0.3 is 9.47 Å². The summed E-state index contributed by atoms with van der Waals surface area (Å²) in [6.45, 7) is 6.22. The van der Waals surface area contributed by atoms with Crippen LogP contribution in [0, 0.1) is 0 Å². The third kappa shape index (κ3) is 7.39. The molecule has 0 amide bonds. The molecule has 76 valence electrons. The molecule has 0 aromatic heterocycles. The Balaban J connectivity index is 4.04. The minimum absolute atomic E-state index is 0.297. The molecular weight excluding hydrogens is 231 g/mol. The first-order valence-electron chi connectivity index (χ1n) is 3.22. The molecule has 0 saturated carbocycles. The predicted octanol–water partition coefficient (Wildman–Crippen LogP) is 2.05. The van der Waals surface area contributed by atoms with Gasteiger partial charge >= 0.3 is 11.9 Å². The summed E-state index contributed by atoms with van der Waals surface area (Å²) in [5.74, 6) is -1.69. The van der Waals surface area contributed by atoms with Gasteiger partial charge in [0.05, 0.1) is 0 Å². The second kappa shape index (κ2) is 6.23. The number of carbonyl (C=O) groups excluding carboxylic acids is 2. The van der Waals surface area contributed by atoms with Crippen LogP contribution in [0.15, 0.2) is 35.7 Å². The third-order valence-corrected chi connectivity index (χ3v) is 0.932. The number of carbonyl (C=O) groups is 2. The zero-order valence-corrected chi connectivity index (χ0v) is 8.47. The van der Waals surface area contributed by atoms with E-state index in [0.29, 0.717) is 0 Å². The summed E-state index contributed by atoms with van der Waals surface area (Å²) >= 11 is 10.3. The van der Waals surface area contributed by atoms with Crippen molar-refractivity contribution >= 4 is 35.1 Å². The highest BCUT2D eigenvalue weighted by atomic mass is 35.5. The Kier molecular flexibility index (Phi) is 5.67. The summed E-state index contributed by atoms with van der Waals surface area (Å²) in [6, 6.07) is 0. The predicted molar refractivity (Wildman–Crippen MR) is 51.3 cm³/mol. The van der Waals surface area contributed by atoms with Gasteiger partial charge in [0.25, 0.3) is 0 Å². The number of halogens is 2. The van der Waals surface area contributed by atoms with Crippen molar-refractivity contribution < 1.29 is 19.1 Å². The van der Waals surface area contributed by atoms with E-state index in [1.54, 1.807) is 0 Å². The van der Waals surface area contributed by atoms with Crippen LogP contribution >= 0.6 is 23.2 Å². The maximum Gasteiger partial charge on any atom is 0.337 e. The van der Waals surface area contributed by atoms with Gasteiger partial charge in [0, 0.05) is 12.2 Å². The van der Waals surface area contributed by atoms with Crippen molar-refractivity contribution in [3.05, 3.63) is 35.7 Å². The largest absolute Gasteiger partial charge is 0.412 e. The SMILES string of the molecule is C=C(Cl)OC(=O)C=CC(=O)OC(=C)Cl. The normalized spacial score (nSPS) is 9.57. The summed E-state index contributed by atoms with van der Waals surface area (Å²) in [6.07, 6.45) is 1.63. The maximum atomic E-state index is 10.7. The van der Waals surface area contributed by atoms with Crippen molar-refractivity contribution in [3.63, 3.8) is 0 Å². The lowest BCUT2D eigenvalue weighted by Gasteiger charge is -1.96. The molecule has 0 spiro atoms. The molecule has 0 aromatic carbocycles. The van der Waals surface area contributed by atoms with Crippen molar-refractivity contribution in [1.82, 2.24) is 0 Å². The lowest BCUT2D eigenvalue weighted by Crippen LogP contribution is -2.01. The van der Waals surface area contributed by atoms with Crippen LogP contribution in [0.2, 0.25) is 0 Å². The molecule has 0 aliphatic rings. The third-order valence-electron chi connectivity index (χ3n) is 0.778. The van der Waals surface area contributed by atoms with E-state index in [1.807, 2.05) is 0 Å². The van der Waals surface area contributed by atoms with Crippen molar-refractivity contribution in [2.75, 3.05) is 0 Å². The van der Waals surface area contributed by atoms with E-state index in [0.717, 1.165) is 12.2 Å². The molecular formula is C8H6Cl2O4. The van der Waals surface area contributed by atoms with Gasteiger partial charge in [-0.2, -0.15) is 0 Å². The minimum atomic E-state index is -0.845. The number of hydrogen-bond acceptors (Lipinski definition) is 4. The Bertz CT molecular complexity index is 276. The molecule has 4 nitrogen and oxygen atoms in total. The highest BCUT2D eigenvalue weighted by molar-refractivity contribution is 6.29. The Hall–Kier alpha value is -1.26. The first-order chi connectivity index (χ1) is 6.41. The van der Waals surface area contributed by atoms with Crippen LogP contribution in [0.4, 0.5) is 0 Å². The van der Waals surface area contributed by atoms with E-state index in [9.17, 15) is 9.59 Å². The average molecular weight is 237 g/mol. The molecule has 0 radical (unpaired) electrons. The Morgan fingerprint density at radius 2 is 1.21 bits per heavy atom. The number of hydrogen-bond donors (Lipinski definition) is 0. The molecule has 0 rings (SSSR count). The molecule has 0 unspecified atom stereocenters. The summed E-state index contributed by atoms with van der Waals surface area (Å²) in [5, 5.41) is -0.593. The molecule has 0 heterocycles. The zero-order chi connectivity index (χ0) is 11.1. The smallest absolute Gasteiger partial charge is 0.337 e. The fourth-order valence-electron chi connectivity index (χ4n) is 0.422. The monoisotopic (exact) mass is 236 g/mol. The highest BCUT2D eigenvalue weighted by Crippen LogP contribution is 2.01. The van der Waals surface area contributed by atoms with E-state index < -0.39 is 11.9 Å². The van der Waals surface area contributed by atoms with Crippen molar-refractivity contribution in [3.8, 4) is 0 Å². The molecule has 0 aliphatic carbocycles. The standard InChI is InChI=1S/C8H6Cl2O4/c1-5(9)13-7(11)3-4-8(12)14-6(2)10/h3-4H,1-2H2. The molecule has 0 bridgehead atoms. The lowest BCUT2D eigenvalue weighted by molar-refractivity contribution is -0.135. The number of rotatable bonds is 4. The molecule has 0 aromatic rings. The molecule has 0 aliphatic heterocycles. The maximum absolute atomic E-state index is 10.7. The van der Waals surface area contributed by atoms with Crippen LogP contribution in [0.3, 0.4) is 0 Å². The lowest BCUT2D eigenvalue weighted by atomic mass is 10.5. The van der Waals surface area contributed by atoms with E-state index in [2.05, 4.69) is 22.6 Å². The molecule has 0 N–H and O–H groups in total. The number of ether oxygens (including phenoxy) is 2. The Morgan fingerprint density at radius 1 is 0.929 bits per heavy atom. The van der Waals surface area contributed by atoms with E-state index in [-0.39, 0.29) is 10.4 Å². The summed E-state index contributed by atoms with van der Waals surface area (Å²) in [5.41, 5.74) is 0. The van der Waals surface area contributed by atoms with Crippen LogP contribution in [-0.4, -0.2) is 11.9 Å². The van der Waals surface area contributed by atoms with E-state index >= 15 is 0 Å². The first kappa shape index (κ1) is 12.7. The van der Waals surface area contributed by atoms with E-state index in [4.69, 9.17) is 23.2 Å². The molecule has 14 heavy (non-hydrogen) atoms. The van der Waals surface area contributed by atoms with Gasteiger partial charge in [-0.25, -0.2) is 9.59 Å². The van der Waals surface area contributed by atoms with Crippen LogP contribution in [0.1, 0.15) is 0 Å². The van der Waals surface area contributed by atoms with Crippen molar-refractivity contribution in [2.24, 2.45) is 0 Å². The van der Waals surface area contributed by atoms with Crippen molar-refractivity contribution in [1.29, 1.82) is 0 Å². The molecule has 0 atom stereocenters. The van der Waals surface area contributed by atoms with Crippen LogP contribution in [0.25, 0.3) is 0 Å². The molecule has 0 saturated heterocycles. The Morgan fingerprint density at radius 3 is 1.43 bits per heavy atom.